The maximum Gasteiger partial charge on any atom is 0.328 e. The van der Waals surface area contributed by atoms with Crippen LogP contribution in [0.5, 0.6) is 0 Å². The molecule has 5 nitrogen and oxygen atoms in total. The van der Waals surface area contributed by atoms with Crippen LogP contribution in [0.4, 0.5) is 0 Å². The molecule has 2 atom stereocenters. The number of aromatic nitrogens is 2. The summed E-state index contributed by atoms with van der Waals surface area (Å²) in [7, 11) is 3.52. The summed E-state index contributed by atoms with van der Waals surface area (Å²) < 4.78 is 8.81. The van der Waals surface area contributed by atoms with Crippen molar-refractivity contribution in [3.05, 3.63) is 33.7 Å². The topological polar surface area (TPSA) is 56.4 Å². The molecule has 1 aromatic heterocycles. The molecule has 2 aromatic rings. The van der Waals surface area contributed by atoms with Gasteiger partial charge in [0.2, 0.25) is 0 Å². The Bertz CT molecular complexity index is 708. The summed E-state index contributed by atoms with van der Waals surface area (Å²) in [6.07, 6.45) is 1.11. The molecular formula is C15H20N2O3. The highest BCUT2D eigenvalue weighted by Gasteiger charge is 2.27. The van der Waals surface area contributed by atoms with Crippen LogP contribution in [0.1, 0.15) is 30.1 Å². The van der Waals surface area contributed by atoms with E-state index in [0.717, 1.165) is 35.0 Å². The Morgan fingerprint density at radius 2 is 1.95 bits per heavy atom. The molecule has 1 aromatic carbocycles. The van der Waals surface area contributed by atoms with Gasteiger partial charge in [0.25, 0.3) is 0 Å². The predicted molar refractivity (Wildman–Crippen MR) is 76.8 cm³/mol. The van der Waals surface area contributed by atoms with Crippen LogP contribution in [0.25, 0.3) is 11.0 Å². The molecule has 2 unspecified atom stereocenters. The van der Waals surface area contributed by atoms with Crippen LogP contribution in [-0.2, 0) is 18.8 Å². The molecule has 20 heavy (non-hydrogen) atoms. The second-order valence-corrected chi connectivity index (χ2v) is 5.59. The summed E-state index contributed by atoms with van der Waals surface area (Å²) >= 11 is 0. The van der Waals surface area contributed by atoms with E-state index in [1.54, 1.807) is 23.2 Å². The van der Waals surface area contributed by atoms with E-state index in [4.69, 9.17) is 4.74 Å². The minimum absolute atomic E-state index is 0.0526. The van der Waals surface area contributed by atoms with Gasteiger partial charge >= 0.3 is 5.69 Å². The highest BCUT2D eigenvalue weighted by Crippen LogP contribution is 2.30. The molecular weight excluding hydrogens is 256 g/mol. The molecule has 0 bridgehead atoms. The van der Waals surface area contributed by atoms with Crippen molar-refractivity contribution in [1.29, 1.82) is 0 Å². The Morgan fingerprint density at radius 3 is 2.55 bits per heavy atom. The summed E-state index contributed by atoms with van der Waals surface area (Å²) in [5, 5.41) is 10.5. The van der Waals surface area contributed by atoms with Crippen molar-refractivity contribution in [2.75, 3.05) is 6.61 Å². The van der Waals surface area contributed by atoms with Gasteiger partial charge in [-0.3, -0.25) is 9.13 Å². The number of rotatable bonds is 2. The lowest BCUT2D eigenvalue weighted by Gasteiger charge is -2.20. The van der Waals surface area contributed by atoms with E-state index in [1.165, 1.54) is 0 Å². The van der Waals surface area contributed by atoms with Crippen molar-refractivity contribution in [3.63, 3.8) is 0 Å². The van der Waals surface area contributed by atoms with E-state index >= 15 is 0 Å². The smallest absolute Gasteiger partial charge is 0.328 e. The predicted octanol–water partition coefficient (Wildman–Crippen LogP) is 1.40. The third-order valence-electron chi connectivity index (χ3n) is 4.30. The number of aryl methyl sites for hydroxylation is 3. The molecule has 108 valence electrons. The average Bonchev–Trinajstić information content (AvgIpc) is 3.03. The van der Waals surface area contributed by atoms with Gasteiger partial charge in [0, 0.05) is 20.7 Å². The van der Waals surface area contributed by atoms with E-state index < -0.39 is 6.10 Å². The summed E-state index contributed by atoms with van der Waals surface area (Å²) in [5.74, 6) is 0. The fourth-order valence-electron chi connectivity index (χ4n) is 3.04. The molecule has 1 N–H and O–H groups in total. The van der Waals surface area contributed by atoms with Crippen LogP contribution in [0, 0.1) is 6.92 Å². The second kappa shape index (κ2) is 4.75. The zero-order valence-electron chi connectivity index (χ0n) is 12.1. The number of imidazole rings is 1. The molecule has 0 amide bonds. The number of fused-ring (bicyclic) bond motifs is 1. The quantitative estimate of drug-likeness (QED) is 0.902. The number of benzene rings is 1. The fourth-order valence-corrected chi connectivity index (χ4v) is 3.04. The maximum absolute atomic E-state index is 12.0. The molecule has 5 heteroatoms. The van der Waals surface area contributed by atoms with Crippen molar-refractivity contribution in [3.8, 4) is 0 Å². The summed E-state index contributed by atoms with van der Waals surface area (Å²) in [6.45, 7) is 2.68. The first-order valence-electron chi connectivity index (χ1n) is 6.96. The average molecular weight is 276 g/mol. The van der Waals surface area contributed by atoms with Gasteiger partial charge in [0.05, 0.1) is 17.1 Å². The van der Waals surface area contributed by atoms with E-state index in [-0.39, 0.29) is 11.8 Å². The number of nitrogens with zero attached hydrogens (tertiary/aromatic N) is 2. The maximum atomic E-state index is 12.0. The summed E-state index contributed by atoms with van der Waals surface area (Å²) in [5.41, 5.74) is 3.52. The highest BCUT2D eigenvalue weighted by atomic mass is 16.5. The minimum Gasteiger partial charge on any atom is -0.386 e. The molecule has 0 aliphatic carbocycles. The fraction of sp³-hybridized carbons (Fsp3) is 0.533. The Kier molecular flexibility index (Phi) is 3.18. The Morgan fingerprint density at radius 1 is 1.30 bits per heavy atom. The van der Waals surface area contributed by atoms with Crippen molar-refractivity contribution >= 4 is 11.0 Å². The van der Waals surface area contributed by atoms with Crippen LogP contribution in [0.3, 0.4) is 0 Å². The van der Waals surface area contributed by atoms with Crippen molar-refractivity contribution in [2.24, 2.45) is 14.1 Å². The first-order chi connectivity index (χ1) is 9.50. The highest BCUT2D eigenvalue weighted by molar-refractivity contribution is 5.78. The summed E-state index contributed by atoms with van der Waals surface area (Å²) in [4.78, 5) is 12.0. The Balaban J connectivity index is 2.14. The molecule has 0 radical (unpaired) electrons. The molecule has 0 saturated carbocycles. The van der Waals surface area contributed by atoms with Gasteiger partial charge in [-0.2, -0.15) is 0 Å². The van der Waals surface area contributed by atoms with E-state index in [0.29, 0.717) is 6.61 Å². The minimum atomic E-state index is -0.628. The zero-order valence-corrected chi connectivity index (χ0v) is 12.1. The van der Waals surface area contributed by atoms with Gasteiger partial charge in [0.15, 0.2) is 0 Å². The molecule has 1 saturated heterocycles. The number of aliphatic hydroxyl groups excluding tert-OH is 1. The largest absolute Gasteiger partial charge is 0.386 e. The van der Waals surface area contributed by atoms with Gasteiger partial charge in [-0.15, -0.1) is 0 Å². The molecule has 3 rings (SSSR count). The Labute approximate surface area is 117 Å². The van der Waals surface area contributed by atoms with E-state index in [2.05, 4.69) is 0 Å². The number of hydrogen-bond acceptors (Lipinski definition) is 3. The third kappa shape index (κ3) is 1.89. The first-order valence-corrected chi connectivity index (χ1v) is 6.96. The van der Waals surface area contributed by atoms with E-state index in [9.17, 15) is 9.90 Å². The van der Waals surface area contributed by atoms with Gasteiger partial charge in [0.1, 0.15) is 6.10 Å². The van der Waals surface area contributed by atoms with Gasteiger partial charge in [-0.25, -0.2) is 4.79 Å². The molecule has 0 spiro atoms. The van der Waals surface area contributed by atoms with Crippen molar-refractivity contribution in [1.82, 2.24) is 9.13 Å². The second-order valence-electron chi connectivity index (χ2n) is 5.59. The molecule has 1 aliphatic heterocycles. The van der Waals surface area contributed by atoms with Crippen LogP contribution in [-0.4, -0.2) is 27.0 Å². The molecule has 2 heterocycles. The number of ether oxygens (including phenoxy) is 1. The number of aliphatic hydroxyl groups is 1. The Hall–Kier alpha value is -1.59. The lowest BCUT2D eigenvalue weighted by atomic mass is 9.97. The van der Waals surface area contributed by atoms with Crippen LogP contribution in [0.2, 0.25) is 0 Å². The SMILES string of the molecule is Cc1cc2c(cc1C(O)C1CCCO1)n(C)c(=O)n2C. The number of hydrogen-bond donors (Lipinski definition) is 1. The lowest BCUT2D eigenvalue weighted by molar-refractivity contribution is -0.00283. The first kappa shape index (κ1) is 13.4. The van der Waals surface area contributed by atoms with E-state index in [1.807, 2.05) is 19.1 Å². The zero-order chi connectivity index (χ0) is 14.4. The third-order valence-corrected chi connectivity index (χ3v) is 4.30. The van der Waals surface area contributed by atoms with Gasteiger partial charge in [-0.1, -0.05) is 0 Å². The molecule has 1 fully saturated rings. The van der Waals surface area contributed by atoms with Crippen LogP contribution in [0.15, 0.2) is 16.9 Å². The van der Waals surface area contributed by atoms with Crippen LogP contribution < -0.4 is 5.69 Å². The summed E-state index contributed by atoms with van der Waals surface area (Å²) in [6, 6.07) is 3.88. The monoisotopic (exact) mass is 276 g/mol. The lowest BCUT2D eigenvalue weighted by Crippen LogP contribution is -2.19. The molecule has 1 aliphatic rings. The normalized spacial score (nSPS) is 20.7. The van der Waals surface area contributed by atoms with Gasteiger partial charge < -0.3 is 9.84 Å². The van der Waals surface area contributed by atoms with Crippen LogP contribution >= 0.6 is 0 Å². The van der Waals surface area contributed by atoms with Crippen molar-refractivity contribution < 1.29 is 9.84 Å². The standard InChI is InChI=1S/C15H20N2O3/c1-9-7-11-12(17(3)15(19)16(11)2)8-10(9)14(18)13-5-4-6-20-13/h7-8,13-14,18H,4-6H2,1-3H3. The van der Waals surface area contributed by atoms with Gasteiger partial charge in [-0.05, 0) is 43.0 Å². The van der Waals surface area contributed by atoms with Crippen molar-refractivity contribution in [2.45, 2.75) is 32.0 Å².